The van der Waals surface area contributed by atoms with Gasteiger partial charge in [-0.3, -0.25) is 4.79 Å². The first-order chi connectivity index (χ1) is 12.7. The Morgan fingerprint density at radius 1 is 1.15 bits per heavy atom. The van der Waals surface area contributed by atoms with Crippen LogP contribution in [-0.2, 0) is 12.8 Å². The van der Waals surface area contributed by atoms with Crippen molar-refractivity contribution < 1.29 is 4.74 Å². The lowest BCUT2D eigenvalue weighted by molar-refractivity contribution is 0.415. The molecule has 0 bridgehead atoms. The molecule has 0 atom stereocenters. The topological polar surface area (TPSA) is 56.5 Å². The normalized spacial score (nSPS) is 16.1. The summed E-state index contributed by atoms with van der Waals surface area (Å²) in [7, 11) is 1.65. The number of aromatic nitrogens is 2. The number of hydrogen-bond donors (Lipinski definition) is 0. The molecule has 2 aliphatic rings. The Hall–Kier alpha value is -2.12. The molecule has 3 heterocycles. The van der Waals surface area contributed by atoms with Crippen LogP contribution < -0.4 is 10.3 Å². The summed E-state index contributed by atoms with van der Waals surface area (Å²) in [6, 6.07) is 7.79. The first-order valence-electron chi connectivity index (χ1n) is 8.67. The number of nitrogens with zero attached hydrogens (tertiary/aromatic N) is 3. The monoisotopic (exact) mass is 383 g/mol. The van der Waals surface area contributed by atoms with E-state index in [9.17, 15) is 4.79 Å². The van der Waals surface area contributed by atoms with E-state index in [1.54, 1.807) is 30.2 Å². The van der Waals surface area contributed by atoms with Gasteiger partial charge in [0.05, 0.1) is 18.2 Å². The summed E-state index contributed by atoms with van der Waals surface area (Å²) in [5.41, 5.74) is 3.07. The largest absolute Gasteiger partial charge is 0.497 e. The van der Waals surface area contributed by atoms with Crippen molar-refractivity contribution in [2.24, 2.45) is 5.10 Å². The summed E-state index contributed by atoms with van der Waals surface area (Å²) in [6.45, 7) is 0. The van der Waals surface area contributed by atoms with Crippen molar-refractivity contribution in [1.29, 1.82) is 0 Å². The number of hydrogen-bond acceptors (Lipinski definition) is 6. The highest BCUT2D eigenvalue weighted by Crippen LogP contribution is 2.35. The predicted molar refractivity (Wildman–Crippen MR) is 106 cm³/mol. The van der Waals surface area contributed by atoms with Crippen LogP contribution in [0.3, 0.4) is 0 Å². The van der Waals surface area contributed by atoms with Gasteiger partial charge in [-0.2, -0.15) is 9.78 Å². The van der Waals surface area contributed by atoms with E-state index in [-0.39, 0.29) is 5.56 Å². The Morgan fingerprint density at radius 2 is 1.96 bits per heavy atom. The molecule has 26 heavy (non-hydrogen) atoms. The number of aryl methyl sites for hydroxylation is 2. The third-order valence-electron chi connectivity index (χ3n) is 4.92. The van der Waals surface area contributed by atoms with Gasteiger partial charge in [-0.15, -0.1) is 11.3 Å². The van der Waals surface area contributed by atoms with E-state index in [0.717, 1.165) is 46.5 Å². The number of thiophene rings is 1. The zero-order chi connectivity index (χ0) is 17.7. The van der Waals surface area contributed by atoms with Crippen molar-refractivity contribution in [1.82, 2.24) is 9.66 Å². The van der Waals surface area contributed by atoms with Gasteiger partial charge >= 0.3 is 0 Å². The molecule has 1 aliphatic carbocycles. The van der Waals surface area contributed by atoms with Gasteiger partial charge in [-0.05, 0) is 61.1 Å². The summed E-state index contributed by atoms with van der Waals surface area (Å²) in [5, 5.41) is 6.13. The van der Waals surface area contributed by atoms with Crippen molar-refractivity contribution in [2.45, 2.75) is 30.8 Å². The van der Waals surface area contributed by atoms with Crippen LogP contribution in [0.2, 0.25) is 0 Å². The maximum Gasteiger partial charge on any atom is 0.283 e. The number of ether oxygens (including phenoxy) is 1. The van der Waals surface area contributed by atoms with Gasteiger partial charge in [0.25, 0.3) is 5.56 Å². The number of rotatable bonds is 2. The number of thioether (sulfide) groups is 1. The summed E-state index contributed by atoms with van der Waals surface area (Å²) >= 11 is 3.26. The van der Waals surface area contributed by atoms with Crippen LogP contribution >= 0.6 is 23.1 Å². The maximum absolute atomic E-state index is 13.2. The molecule has 7 heteroatoms. The second-order valence-corrected chi connectivity index (χ2v) is 8.49. The fourth-order valence-corrected chi connectivity index (χ4v) is 5.77. The van der Waals surface area contributed by atoms with Crippen LogP contribution in [0.1, 0.15) is 28.8 Å². The molecule has 132 valence electrons. The second kappa shape index (κ2) is 6.25. The van der Waals surface area contributed by atoms with E-state index < -0.39 is 0 Å². The van der Waals surface area contributed by atoms with Crippen molar-refractivity contribution in [3.63, 3.8) is 0 Å². The highest BCUT2D eigenvalue weighted by atomic mass is 32.2. The van der Waals surface area contributed by atoms with E-state index in [1.165, 1.54) is 21.5 Å². The third-order valence-corrected chi connectivity index (χ3v) is 7.05. The van der Waals surface area contributed by atoms with E-state index in [0.29, 0.717) is 10.9 Å². The zero-order valence-electron chi connectivity index (χ0n) is 14.3. The average Bonchev–Trinajstić information content (AvgIpc) is 3.06. The first-order valence-corrected chi connectivity index (χ1v) is 10.5. The van der Waals surface area contributed by atoms with Gasteiger partial charge in [0, 0.05) is 10.6 Å². The molecule has 0 saturated carbocycles. The Kier molecular flexibility index (Phi) is 3.86. The van der Waals surface area contributed by atoms with Gasteiger partial charge < -0.3 is 4.74 Å². The van der Waals surface area contributed by atoms with Gasteiger partial charge in [0.2, 0.25) is 0 Å². The molecule has 2 aromatic heterocycles. The van der Waals surface area contributed by atoms with E-state index >= 15 is 0 Å². The zero-order valence-corrected chi connectivity index (χ0v) is 16.0. The van der Waals surface area contributed by atoms with Crippen LogP contribution in [0, 0.1) is 0 Å². The minimum Gasteiger partial charge on any atom is -0.497 e. The minimum atomic E-state index is -0.0254. The highest BCUT2D eigenvalue weighted by Gasteiger charge is 2.24. The Balaban J connectivity index is 1.66. The van der Waals surface area contributed by atoms with Gasteiger partial charge in [-0.1, -0.05) is 11.8 Å². The third kappa shape index (κ3) is 2.49. The van der Waals surface area contributed by atoms with Crippen molar-refractivity contribution in [2.75, 3.05) is 12.9 Å². The lowest BCUT2D eigenvalue weighted by Gasteiger charge is -2.16. The van der Waals surface area contributed by atoms with E-state index in [4.69, 9.17) is 9.72 Å². The van der Waals surface area contributed by atoms with E-state index in [2.05, 4.69) is 5.10 Å². The molecule has 0 unspecified atom stereocenters. The molecule has 1 aliphatic heterocycles. The molecule has 5 rings (SSSR count). The number of fused-ring (bicyclic) bond motifs is 4. The van der Waals surface area contributed by atoms with Gasteiger partial charge in [-0.25, -0.2) is 4.98 Å². The van der Waals surface area contributed by atoms with Gasteiger partial charge in [0.1, 0.15) is 10.6 Å². The fourth-order valence-electron chi connectivity index (χ4n) is 3.57. The number of methoxy groups -OCH3 is 1. The molecule has 0 fully saturated rings. The molecule has 0 radical (unpaired) electrons. The fraction of sp³-hybridized carbons (Fsp3) is 0.316. The standard InChI is InChI=1S/C19H17N3O2S2/c1-24-12-8-6-11(7-9-12)14-10-25-19-20-17-16(18(23)22(19)21-14)13-4-2-3-5-15(13)26-17/h6-9H,2-5,10H2,1H3. The molecule has 3 aromatic rings. The van der Waals surface area contributed by atoms with Gasteiger partial charge in [0.15, 0.2) is 5.16 Å². The van der Waals surface area contributed by atoms with Crippen molar-refractivity contribution >= 4 is 39.0 Å². The summed E-state index contributed by atoms with van der Waals surface area (Å²) < 4.78 is 6.71. The van der Waals surface area contributed by atoms with Crippen LogP contribution in [0.4, 0.5) is 0 Å². The lowest BCUT2D eigenvalue weighted by Crippen LogP contribution is -2.26. The smallest absolute Gasteiger partial charge is 0.283 e. The molecule has 5 nitrogen and oxygen atoms in total. The number of benzene rings is 1. The molecular formula is C19H17N3O2S2. The minimum absolute atomic E-state index is 0.0254. The summed E-state index contributed by atoms with van der Waals surface area (Å²) in [6.07, 6.45) is 4.40. The van der Waals surface area contributed by atoms with Crippen LogP contribution in [0.15, 0.2) is 39.3 Å². The summed E-state index contributed by atoms with van der Waals surface area (Å²) in [5.74, 6) is 1.51. The molecule has 0 amide bonds. The molecule has 0 spiro atoms. The van der Waals surface area contributed by atoms with Crippen LogP contribution in [0.25, 0.3) is 10.2 Å². The van der Waals surface area contributed by atoms with Crippen molar-refractivity contribution in [3.05, 3.63) is 50.6 Å². The predicted octanol–water partition coefficient (Wildman–Crippen LogP) is 3.70. The SMILES string of the molecule is COc1ccc(C2=Nn3c(nc4sc5c(c4c3=O)CCCC5)SC2)cc1. The second-order valence-electron chi connectivity index (χ2n) is 6.47. The van der Waals surface area contributed by atoms with Crippen LogP contribution in [-0.4, -0.2) is 28.2 Å². The highest BCUT2D eigenvalue weighted by molar-refractivity contribution is 7.99. The van der Waals surface area contributed by atoms with Crippen LogP contribution in [0.5, 0.6) is 5.75 Å². The quantitative estimate of drug-likeness (QED) is 0.633. The molecule has 0 saturated heterocycles. The Bertz CT molecular complexity index is 1100. The van der Waals surface area contributed by atoms with Crippen molar-refractivity contribution in [3.8, 4) is 5.75 Å². The first kappa shape index (κ1) is 16.1. The lowest BCUT2D eigenvalue weighted by atomic mass is 9.97. The molecule has 1 aromatic carbocycles. The molecule has 0 N–H and O–H groups in total. The Labute approximate surface area is 158 Å². The maximum atomic E-state index is 13.2. The van der Waals surface area contributed by atoms with E-state index in [1.807, 2.05) is 24.3 Å². The summed E-state index contributed by atoms with van der Waals surface area (Å²) in [4.78, 5) is 20.1. The molecular weight excluding hydrogens is 366 g/mol. The average molecular weight is 383 g/mol. The Morgan fingerprint density at radius 3 is 2.77 bits per heavy atom.